The zero-order chi connectivity index (χ0) is 30.2. The SMILES string of the molecule is CCCCCCCC/C=C\CCCC(O)CC(=O)NC(CO)C(O)/C=C/CCCCCCCCCCCCCCC. The van der Waals surface area contributed by atoms with Gasteiger partial charge in [-0.25, -0.2) is 0 Å². The number of unbranched alkanes of at least 4 members (excludes halogenated alkanes) is 20. The first-order valence-corrected chi connectivity index (χ1v) is 17.6. The highest BCUT2D eigenvalue weighted by Crippen LogP contribution is 2.13. The predicted molar refractivity (Wildman–Crippen MR) is 176 cm³/mol. The quantitative estimate of drug-likeness (QED) is 0.0487. The van der Waals surface area contributed by atoms with Crippen molar-refractivity contribution in [1.29, 1.82) is 0 Å². The molecule has 0 heterocycles. The van der Waals surface area contributed by atoms with Gasteiger partial charge in [-0.1, -0.05) is 147 Å². The number of carbonyl (C=O) groups excluding carboxylic acids is 1. The van der Waals surface area contributed by atoms with Crippen LogP contribution < -0.4 is 5.32 Å². The number of hydrogen-bond acceptors (Lipinski definition) is 4. The number of amides is 1. The molecule has 0 saturated carbocycles. The Kier molecular flexibility index (Phi) is 30.9. The molecule has 3 atom stereocenters. The summed E-state index contributed by atoms with van der Waals surface area (Å²) in [6, 6.07) is -0.748. The van der Waals surface area contributed by atoms with Gasteiger partial charge in [0.25, 0.3) is 0 Å². The molecule has 1 amide bonds. The maximum Gasteiger partial charge on any atom is 0.222 e. The minimum atomic E-state index is -0.931. The summed E-state index contributed by atoms with van der Waals surface area (Å²) in [5.74, 6) is -0.334. The molecule has 5 nitrogen and oxygen atoms in total. The van der Waals surface area contributed by atoms with E-state index in [9.17, 15) is 20.1 Å². The first kappa shape index (κ1) is 39.8. The molecule has 242 valence electrons. The van der Waals surface area contributed by atoms with E-state index in [1.54, 1.807) is 6.08 Å². The molecule has 0 aliphatic heterocycles. The van der Waals surface area contributed by atoms with Gasteiger partial charge in [0.15, 0.2) is 0 Å². The lowest BCUT2D eigenvalue weighted by Crippen LogP contribution is -2.45. The van der Waals surface area contributed by atoms with Crippen molar-refractivity contribution < 1.29 is 20.1 Å². The molecule has 0 fully saturated rings. The fraction of sp³-hybridized carbons (Fsp3) is 0.861. The first-order valence-electron chi connectivity index (χ1n) is 17.6. The third kappa shape index (κ3) is 28.7. The maximum absolute atomic E-state index is 12.3. The number of allylic oxidation sites excluding steroid dienone is 3. The normalized spacial score (nSPS) is 14.2. The molecule has 0 bridgehead atoms. The zero-order valence-electron chi connectivity index (χ0n) is 27.2. The summed E-state index contributed by atoms with van der Waals surface area (Å²) >= 11 is 0. The van der Waals surface area contributed by atoms with Crippen LogP contribution in [-0.4, -0.2) is 46.1 Å². The van der Waals surface area contributed by atoms with Crippen molar-refractivity contribution in [2.24, 2.45) is 0 Å². The van der Waals surface area contributed by atoms with Gasteiger partial charge in [-0.2, -0.15) is 0 Å². The van der Waals surface area contributed by atoms with Crippen LogP contribution in [0.15, 0.2) is 24.3 Å². The van der Waals surface area contributed by atoms with Crippen LogP contribution in [0.3, 0.4) is 0 Å². The Balaban J connectivity index is 3.79. The van der Waals surface area contributed by atoms with E-state index in [1.165, 1.54) is 116 Å². The van der Waals surface area contributed by atoms with Crippen molar-refractivity contribution >= 4 is 5.91 Å². The van der Waals surface area contributed by atoms with Crippen molar-refractivity contribution in [3.63, 3.8) is 0 Å². The lowest BCUT2D eigenvalue weighted by molar-refractivity contribution is -0.124. The van der Waals surface area contributed by atoms with Crippen molar-refractivity contribution in [3.8, 4) is 0 Å². The van der Waals surface area contributed by atoms with Crippen LogP contribution in [0.5, 0.6) is 0 Å². The third-order valence-electron chi connectivity index (χ3n) is 7.98. The molecule has 0 aromatic heterocycles. The highest BCUT2D eigenvalue weighted by molar-refractivity contribution is 5.76. The Morgan fingerprint density at radius 1 is 0.610 bits per heavy atom. The standard InChI is InChI=1S/C36H69NO4/c1-3-5-7-9-11-13-15-16-17-18-20-22-24-26-28-30-35(40)34(32-38)37-36(41)31-33(39)29-27-25-23-21-19-14-12-10-8-6-4-2/h21,23,28,30,33-35,38-40H,3-20,22,24-27,29,31-32H2,1-2H3,(H,37,41)/b23-21-,30-28+. The lowest BCUT2D eigenvalue weighted by atomic mass is 10.0. The van der Waals surface area contributed by atoms with Gasteiger partial charge in [0.05, 0.1) is 31.3 Å². The fourth-order valence-corrected chi connectivity index (χ4v) is 5.22. The average Bonchev–Trinajstić information content (AvgIpc) is 2.96. The van der Waals surface area contributed by atoms with Gasteiger partial charge in [-0.15, -0.1) is 0 Å². The lowest BCUT2D eigenvalue weighted by Gasteiger charge is -2.20. The van der Waals surface area contributed by atoms with Crippen LogP contribution in [0.4, 0.5) is 0 Å². The van der Waals surface area contributed by atoms with Gasteiger partial charge in [-0.3, -0.25) is 4.79 Å². The molecular formula is C36H69NO4. The molecule has 3 unspecified atom stereocenters. The molecule has 4 N–H and O–H groups in total. The van der Waals surface area contributed by atoms with Gasteiger partial charge < -0.3 is 20.6 Å². The summed E-state index contributed by atoms with van der Waals surface area (Å²) in [6.45, 7) is 4.17. The topological polar surface area (TPSA) is 89.8 Å². The molecule has 0 rings (SSSR count). The summed E-state index contributed by atoms with van der Waals surface area (Å²) in [7, 11) is 0. The van der Waals surface area contributed by atoms with E-state index >= 15 is 0 Å². The van der Waals surface area contributed by atoms with Crippen LogP contribution in [-0.2, 0) is 4.79 Å². The Hall–Kier alpha value is -1.17. The Morgan fingerprint density at radius 2 is 1.02 bits per heavy atom. The van der Waals surface area contributed by atoms with Gasteiger partial charge in [0.2, 0.25) is 5.91 Å². The van der Waals surface area contributed by atoms with Gasteiger partial charge in [0, 0.05) is 0 Å². The zero-order valence-corrected chi connectivity index (χ0v) is 27.2. The smallest absolute Gasteiger partial charge is 0.222 e. The Labute approximate surface area is 254 Å². The van der Waals surface area contributed by atoms with Crippen LogP contribution >= 0.6 is 0 Å². The molecule has 0 radical (unpaired) electrons. The van der Waals surface area contributed by atoms with Gasteiger partial charge in [0.1, 0.15) is 0 Å². The minimum absolute atomic E-state index is 0.00658. The van der Waals surface area contributed by atoms with E-state index in [4.69, 9.17) is 0 Å². The summed E-state index contributed by atoms with van der Waals surface area (Å²) in [5, 5.41) is 32.9. The molecule has 0 aliphatic carbocycles. The first-order chi connectivity index (χ1) is 20.0. The third-order valence-corrected chi connectivity index (χ3v) is 7.98. The highest BCUT2D eigenvalue weighted by Gasteiger charge is 2.19. The van der Waals surface area contributed by atoms with Gasteiger partial charge in [-0.05, 0) is 44.9 Å². The molecule has 0 spiro atoms. The highest BCUT2D eigenvalue weighted by atomic mass is 16.3. The van der Waals surface area contributed by atoms with E-state index in [1.807, 2.05) is 6.08 Å². The van der Waals surface area contributed by atoms with E-state index in [2.05, 4.69) is 31.3 Å². The number of rotatable bonds is 31. The summed E-state index contributed by atoms with van der Waals surface area (Å²) in [6.07, 6.45) is 35.9. The molecule has 0 aromatic rings. The number of aliphatic hydroxyl groups is 3. The van der Waals surface area contributed by atoms with Gasteiger partial charge >= 0.3 is 0 Å². The van der Waals surface area contributed by atoms with E-state index in [0.717, 1.165) is 32.1 Å². The minimum Gasteiger partial charge on any atom is -0.394 e. The van der Waals surface area contributed by atoms with E-state index in [-0.39, 0.29) is 18.9 Å². The second-order valence-electron chi connectivity index (χ2n) is 12.1. The van der Waals surface area contributed by atoms with E-state index in [0.29, 0.717) is 6.42 Å². The van der Waals surface area contributed by atoms with Crippen molar-refractivity contribution in [3.05, 3.63) is 24.3 Å². The van der Waals surface area contributed by atoms with Crippen LogP contribution in [0, 0.1) is 0 Å². The van der Waals surface area contributed by atoms with Crippen molar-refractivity contribution in [2.45, 2.75) is 193 Å². The molecule has 0 saturated heterocycles. The van der Waals surface area contributed by atoms with Crippen LogP contribution in [0.25, 0.3) is 0 Å². The molecule has 0 aliphatic rings. The molecule has 41 heavy (non-hydrogen) atoms. The number of nitrogens with one attached hydrogen (secondary N) is 1. The maximum atomic E-state index is 12.3. The van der Waals surface area contributed by atoms with Crippen LogP contribution in [0.2, 0.25) is 0 Å². The van der Waals surface area contributed by atoms with Crippen molar-refractivity contribution in [1.82, 2.24) is 5.32 Å². The number of carbonyl (C=O) groups is 1. The summed E-state index contributed by atoms with van der Waals surface area (Å²) in [5.41, 5.74) is 0. The fourth-order valence-electron chi connectivity index (χ4n) is 5.22. The molecule has 0 aromatic carbocycles. The average molecular weight is 580 g/mol. The van der Waals surface area contributed by atoms with Crippen LogP contribution in [0.1, 0.15) is 174 Å². The predicted octanol–water partition coefficient (Wildman–Crippen LogP) is 9.09. The number of hydrogen-bond donors (Lipinski definition) is 4. The second-order valence-corrected chi connectivity index (χ2v) is 12.1. The molecular weight excluding hydrogens is 510 g/mol. The summed E-state index contributed by atoms with van der Waals surface area (Å²) < 4.78 is 0. The molecule has 5 heteroatoms. The monoisotopic (exact) mass is 580 g/mol. The van der Waals surface area contributed by atoms with Crippen molar-refractivity contribution in [2.75, 3.05) is 6.61 Å². The Bertz CT molecular complexity index is 606. The largest absolute Gasteiger partial charge is 0.394 e. The number of aliphatic hydroxyl groups excluding tert-OH is 3. The second kappa shape index (κ2) is 31.8. The Morgan fingerprint density at radius 3 is 1.49 bits per heavy atom. The van der Waals surface area contributed by atoms with E-state index < -0.39 is 18.2 Å². The summed E-state index contributed by atoms with van der Waals surface area (Å²) in [4.78, 5) is 12.3.